The second-order valence-corrected chi connectivity index (χ2v) is 5.91. The summed E-state index contributed by atoms with van der Waals surface area (Å²) < 4.78 is 14.3. The van der Waals surface area contributed by atoms with E-state index in [1.54, 1.807) is 6.07 Å². The largest absolute Gasteiger partial charge is 0.366 e. The second kappa shape index (κ2) is 5.49. The molecular weight excluding hydrogens is 239 g/mol. The normalized spacial score (nSPS) is 25.3. The lowest BCUT2D eigenvalue weighted by Crippen LogP contribution is -2.34. The Labute approximate surface area is 115 Å². The molecule has 1 aromatic carbocycles. The number of nitrogens with one attached hydrogen (secondary N) is 1. The number of hydrogen-bond donors (Lipinski definition) is 1. The Hall–Kier alpha value is -1.09. The molecule has 2 unspecified atom stereocenters. The second-order valence-electron chi connectivity index (χ2n) is 5.91. The van der Waals surface area contributed by atoms with Crippen LogP contribution in [0.15, 0.2) is 18.2 Å². The van der Waals surface area contributed by atoms with Crippen molar-refractivity contribution in [2.45, 2.75) is 45.2 Å². The molecule has 19 heavy (non-hydrogen) atoms. The van der Waals surface area contributed by atoms with Crippen LogP contribution in [0.3, 0.4) is 0 Å². The van der Waals surface area contributed by atoms with E-state index >= 15 is 0 Å². The fraction of sp³-hybridized carbons (Fsp3) is 0.625. The number of hydrogen-bond acceptors (Lipinski definition) is 2. The summed E-state index contributed by atoms with van der Waals surface area (Å²) >= 11 is 0. The minimum absolute atomic E-state index is 0.0525. The Morgan fingerprint density at radius 3 is 2.95 bits per heavy atom. The van der Waals surface area contributed by atoms with Crippen molar-refractivity contribution in [2.24, 2.45) is 5.92 Å². The van der Waals surface area contributed by atoms with E-state index in [4.69, 9.17) is 0 Å². The molecule has 2 bridgehead atoms. The number of fused-ring (bicyclic) bond motifs is 2. The predicted molar refractivity (Wildman–Crippen MR) is 76.9 cm³/mol. The monoisotopic (exact) mass is 262 g/mol. The summed E-state index contributed by atoms with van der Waals surface area (Å²) in [5.74, 6) is 0.740. The van der Waals surface area contributed by atoms with Gasteiger partial charge in [0.2, 0.25) is 0 Å². The highest BCUT2D eigenvalue weighted by Gasteiger charge is 2.39. The molecule has 0 aromatic heterocycles. The number of piperidine rings is 1. The summed E-state index contributed by atoms with van der Waals surface area (Å²) in [5, 5.41) is 3.39. The minimum atomic E-state index is -0.0525. The number of anilines is 1. The molecule has 1 aliphatic heterocycles. The van der Waals surface area contributed by atoms with Crippen LogP contribution in [0.25, 0.3) is 0 Å². The highest BCUT2D eigenvalue weighted by Crippen LogP contribution is 2.42. The van der Waals surface area contributed by atoms with Crippen LogP contribution in [-0.4, -0.2) is 19.1 Å². The highest BCUT2D eigenvalue weighted by atomic mass is 19.1. The lowest BCUT2D eigenvalue weighted by Gasteiger charge is -2.31. The van der Waals surface area contributed by atoms with Gasteiger partial charge in [0, 0.05) is 19.1 Å². The smallest absolute Gasteiger partial charge is 0.146 e. The van der Waals surface area contributed by atoms with Crippen molar-refractivity contribution in [1.29, 1.82) is 0 Å². The first-order chi connectivity index (χ1) is 9.29. The molecule has 1 N–H and O–H groups in total. The molecule has 0 radical (unpaired) electrons. The lowest BCUT2D eigenvalue weighted by molar-refractivity contribution is 0.537. The van der Waals surface area contributed by atoms with Gasteiger partial charge in [-0.25, -0.2) is 4.39 Å². The van der Waals surface area contributed by atoms with E-state index in [9.17, 15) is 4.39 Å². The molecule has 1 heterocycles. The van der Waals surface area contributed by atoms with E-state index < -0.39 is 0 Å². The van der Waals surface area contributed by atoms with Crippen LogP contribution in [0.1, 0.15) is 38.2 Å². The molecule has 1 aliphatic carbocycles. The summed E-state index contributed by atoms with van der Waals surface area (Å²) in [6, 6.07) is 6.07. The molecule has 3 heteroatoms. The highest BCUT2D eigenvalue weighted by molar-refractivity contribution is 5.57. The molecule has 2 atom stereocenters. The van der Waals surface area contributed by atoms with Crippen molar-refractivity contribution in [1.82, 2.24) is 5.32 Å². The van der Waals surface area contributed by atoms with Crippen LogP contribution in [0.2, 0.25) is 0 Å². The predicted octanol–water partition coefficient (Wildman–Crippen LogP) is 3.31. The topological polar surface area (TPSA) is 15.3 Å². The molecule has 2 nitrogen and oxygen atoms in total. The standard InChI is InChI=1S/C16H23FN2/c1-2-8-18-10-13-4-3-5-15(17)16(13)19-11-12-6-7-14(19)9-12/h3-5,12,14,18H,2,6-11H2,1H3. The Morgan fingerprint density at radius 2 is 2.26 bits per heavy atom. The molecule has 1 aromatic rings. The van der Waals surface area contributed by atoms with Gasteiger partial charge in [0.1, 0.15) is 5.82 Å². The van der Waals surface area contributed by atoms with E-state index in [1.165, 1.54) is 19.3 Å². The first-order valence-electron chi connectivity index (χ1n) is 7.54. The third-order valence-electron chi connectivity index (χ3n) is 4.51. The van der Waals surface area contributed by atoms with Gasteiger partial charge in [-0.05, 0) is 49.8 Å². The number of halogens is 1. The van der Waals surface area contributed by atoms with Crippen molar-refractivity contribution in [3.8, 4) is 0 Å². The van der Waals surface area contributed by atoms with E-state index in [0.717, 1.165) is 43.2 Å². The zero-order valence-corrected chi connectivity index (χ0v) is 11.7. The molecular formula is C16H23FN2. The number of para-hydroxylation sites is 1. The molecule has 1 saturated carbocycles. The molecule has 1 saturated heterocycles. The van der Waals surface area contributed by atoms with Gasteiger partial charge in [0.25, 0.3) is 0 Å². The fourth-order valence-electron chi connectivity index (χ4n) is 3.62. The Bertz CT molecular complexity index is 446. The van der Waals surface area contributed by atoms with E-state index in [2.05, 4.69) is 23.2 Å². The van der Waals surface area contributed by atoms with Crippen molar-refractivity contribution < 1.29 is 4.39 Å². The summed E-state index contributed by atoms with van der Waals surface area (Å²) in [6.07, 6.45) is 4.94. The minimum Gasteiger partial charge on any atom is -0.366 e. The first kappa shape index (κ1) is 12.9. The molecule has 3 rings (SSSR count). The lowest BCUT2D eigenvalue weighted by atomic mass is 10.1. The van der Waals surface area contributed by atoms with Crippen LogP contribution in [-0.2, 0) is 6.54 Å². The average Bonchev–Trinajstić information content (AvgIpc) is 3.01. The van der Waals surface area contributed by atoms with E-state index in [-0.39, 0.29) is 5.82 Å². The van der Waals surface area contributed by atoms with Crippen LogP contribution in [0, 0.1) is 11.7 Å². The Kier molecular flexibility index (Phi) is 3.74. The zero-order valence-electron chi connectivity index (χ0n) is 11.7. The number of nitrogens with zero attached hydrogens (tertiary/aromatic N) is 1. The third-order valence-corrected chi connectivity index (χ3v) is 4.51. The van der Waals surface area contributed by atoms with Crippen LogP contribution < -0.4 is 10.2 Å². The van der Waals surface area contributed by atoms with Gasteiger partial charge < -0.3 is 10.2 Å². The summed E-state index contributed by atoms with van der Waals surface area (Å²) in [5.41, 5.74) is 1.97. The van der Waals surface area contributed by atoms with Crippen molar-refractivity contribution in [3.63, 3.8) is 0 Å². The molecule has 0 spiro atoms. The van der Waals surface area contributed by atoms with Gasteiger partial charge in [0.15, 0.2) is 0 Å². The van der Waals surface area contributed by atoms with Gasteiger partial charge in [-0.1, -0.05) is 19.1 Å². The van der Waals surface area contributed by atoms with Gasteiger partial charge in [-0.15, -0.1) is 0 Å². The fourth-order valence-corrected chi connectivity index (χ4v) is 3.62. The maximum Gasteiger partial charge on any atom is 0.146 e. The maximum atomic E-state index is 14.3. The van der Waals surface area contributed by atoms with Crippen molar-refractivity contribution in [2.75, 3.05) is 18.0 Å². The molecule has 104 valence electrons. The van der Waals surface area contributed by atoms with Gasteiger partial charge in [-0.3, -0.25) is 0 Å². The molecule has 0 amide bonds. The van der Waals surface area contributed by atoms with Gasteiger partial charge >= 0.3 is 0 Å². The SMILES string of the molecule is CCCNCc1cccc(F)c1N1CC2CCC1C2. The van der Waals surface area contributed by atoms with Gasteiger partial charge in [-0.2, -0.15) is 0 Å². The van der Waals surface area contributed by atoms with E-state index in [1.807, 2.05) is 6.07 Å². The van der Waals surface area contributed by atoms with Crippen LogP contribution >= 0.6 is 0 Å². The van der Waals surface area contributed by atoms with Crippen molar-refractivity contribution in [3.05, 3.63) is 29.6 Å². The van der Waals surface area contributed by atoms with Crippen molar-refractivity contribution >= 4 is 5.69 Å². The van der Waals surface area contributed by atoms with E-state index in [0.29, 0.717) is 6.04 Å². The maximum absolute atomic E-state index is 14.3. The summed E-state index contributed by atoms with van der Waals surface area (Å²) in [6.45, 7) is 4.96. The number of benzene rings is 1. The number of rotatable bonds is 5. The average molecular weight is 262 g/mol. The summed E-state index contributed by atoms with van der Waals surface area (Å²) in [7, 11) is 0. The van der Waals surface area contributed by atoms with Gasteiger partial charge in [0.05, 0.1) is 5.69 Å². The van der Waals surface area contributed by atoms with Crippen LogP contribution in [0.5, 0.6) is 0 Å². The molecule has 2 aliphatic rings. The Morgan fingerprint density at radius 1 is 1.37 bits per heavy atom. The quantitative estimate of drug-likeness (QED) is 0.819. The Balaban J connectivity index is 1.82. The summed E-state index contributed by atoms with van der Waals surface area (Å²) in [4.78, 5) is 2.33. The molecule has 2 fully saturated rings. The van der Waals surface area contributed by atoms with Crippen LogP contribution in [0.4, 0.5) is 10.1 Å². The third kappa shape index (κ3) is 2.48. The first-order valence-corrected chi connectivity index (χ1v) is 7.54. The zero-order chi connectivity index (χ0) is 13.2.